The summed E-state index contributed by atoms with van der Waals surface area (Å²) >= 11 is 0. The van der Waals surface area contributed by atoms with E-state index in [2.05, 4.69) is 40.1 Å². The van der Waals surface area contributed by atoms with E-state index in [1.807, 2.05) is 73.5 Å². The first-order valence-electron chi connectivity index (χ1n) is 21.3. The Balaban J connectivity index is 0.000000166. The fourth-order valence-corrected chi connectivity index (χ4v) is 8.50. The molecule has 0 amide bonds. The van der Waals surface area contributed by atoms with Gasteiger partial charge in [0.15, 0.2) is 11.6 Å². The highest BCUT2D eigenvalue weighted by Gasteiger charge is 2.32. The number of halogens is 6. The van der Waals surface area contributed by atoms with E-state index in [0.29, 0.717) is 86.3 Å². The lowest BCUT2D eigenvalue weighted by molar-refractivity contribution is 0.420. The SMILES string of the molecule is Cc1cn(-c2ccc(/C=C/c3nc4n(n3)CCC[C@@H]4c3c(F)cc(F)cc3F)nc2C)cn1.Cc1cn(-c2ccc(/C=C/c3nc4n(n3)CCC[C@H]4c3c(F)cc(F)cc3F)nc2C)cn1. The number of hydrogen-bond donors (Lipinski definition) is 0. The summed E-state index contributed by atoms with van der Waals surface area (Å²) in [6.07, 6.45) is 16.8. The van der Waals surface area contributed by atoms with Crippen molar-refractivity contribution < 1.29 is 26.3 Å². The van der Waals surface area contributed by atoms with Crippen molar-refractivity contribution in [1.29, 1.82) is 0 Å². The minimum absolute atomic E-state index is 0.164. The molecule has 0 unspecified atom stereocenters. The number of imidazole rings is 2. The van der Waals surface area contributed by atoms with Crippen molar-refractivity contribution in [3.8, 4) is 11.4 Å². The van der Waals surface area contributed by atoms with Crippen LogP contribution in [-0.4, -0.2) is 58.6 Å². The summed E-state index contributed by atoms with van der Waals surface area (Å²) in [6, 6.07) is 10.5. The van der Waals surface area contributed by atoms with Crippen molar-refractivity contribution >= 4 is 24.3 Å². The Kier molecular flexibility index (Phi) is 12.0. The maximum absolute atomic E-state index is 14.4. The van der Waals surface area contributed by atoms with Gasteiger partial charge in [-0.2, -0.15) is 10.2 Å². The quantitative estimate of drug-likeness (QED) is 0.138. The highest BCUT2D eigenvalue weighted by atomic mass is 19.2. The van der Waals surface area contributed by atoms with E-state index < -0.39 is 46.7 Å². The molecule has 0 aliphatic carbocycles. The molecule has 10 rings (SSSR count). The van der Waals surface area contributed by atoms with Gasteiger partial charge in [0.1, 0.15) is 46.6 Å². The van der Waals surface area contributed by atoms with Crippen LogP contribution in [0.3, 0.4) is 0 Å². The second-order valence-corrected chi connectivity index (χ2v) is 16.3. The number of fused-ring (bicyclic) bond motifs is 2. The number of pyridine rings is 2. The summed E-state index contributed by atoms with van der Waals surface area (Å²) in [6.45, 7) is 8.91. The Morgan fingerprint density at radius 3 is 1.26 bits per heavy atom. The smallest absolute Gasteiger partial charge is 0.174 e. The molecule has 0 saturated heterocycles. The van der Waals surface area contributed by atoms with Gasteiger partial charge in [-0.3, -0.25) is 9.97 Å². The Bertz CT molecular complexity index is 2900. The third kappa shape index (κ3) is 9.07. The maximum atomic E-state index is 14.4. The van der Waals surface area contributed by atoms with Crippen LogP contribution in [0.5, 0.6) is 0 Å². The summed E-state index contributed by atoms with van der Waals surface area (Å²) in [4.78, 5) is 26.8. The third-order valence-corrected chi connectivity index (χ3v) is 11.5. The predicted molar refractivity (Wildman–Crippen MR) is 234 cm³/mol. The predicted octanol–water partition coefficient (Wildman–Crippen LogP) is 9.98. The summed E-state index contributed by atoms with van der Waals surface area (Å²) in [5.41, 5.74) is 6.54. The van der Waals surface area contributed by atoms with Gasteiger partial charge in [0.2, 0.25) is 0 Å². The second kappa shape index (κ2) is 18.2. The maximum Gasteiger partial charge on any atom is 0.174 e. The number of hydrogen-bond acceptors (Lipinski definition) is 8. The first kappa shape index (κ1) is 43.7. The topological polar surface area (TPSA) is 123 Å². The standard InChI is InChI=1S/2C24H21F3N6/c2*1-14-12-32(13-28-14)21-7-5-17(29-15(21)2)6-8-22-30-24-18(4-3-9-33(24)31-22)23-19(26)10-16(25)11-20(23)27/h2*5-8,10-13,18H,3-4,9H2,1-2H3/b2*8-6+/t2*18-/m10/s1. The normalized spacial score (nSPS) is 15.8. The molecule has 6 aromatic heterocycles. The van der Waals surface area contributed by atoms with Gasteiger partial charge in [-0.25, -0.2) is 55.6 Å². The van der Waals surface area contributed by atoms with Crippen LogP contribution in [0.1, 0.15) is 106 Å². The summed E-state index contributed by atoms with van der Waals surface area (Å²) in [5.74, 6) is -4.93. The van der Waals surface area contributed by atoms with Crippen molar-refractivity contribution in [1.82, 2.24) is 58.6 Å². The summed E-state index contributed by atoms with van der Waals surface area (Å²) in [7, 11) is 0. The van der Waals surface area contributed by atoms with Gasteiger partial charge in [0.25, 0.3) is 0 Å². The molecule has 2 aromatic carbocycles. The van der Waals surface area contributed by atoms with Gasteiger partial charge in [-0.05, 0) is 102 Å². The average Bonchev–Trinajstić information content (AvgIpc) is 4.09. The third-order valence-electron chi connectivity index (χ3n) is 11.5. The van der Waals surface area contributed by atoms with Crippen molar-refractivity contribution in [2.24, 2.45) is 0 Å². The van der Waals surface area contributed by atoms with Gasteiger partial charge >= 0.3 is 0 Å². The summed E-state index contributed by atoms with van der Waals surface area (Å²) in [5, 5.41) is 8.94. The molecule has 0 spiro atoms. The fourth-order valence-electron chi connectivity index (χ4n) is 8.50. The first-order valence-corrected chi connectivity index (χ1v) is 21.3. The van der Waals surface area contributed by atoms with Crippen LogP contribution in [-0.2, 0) is 13.1 Å². The van der Waals surface area contributed by atoms with Crippen molar-refractivity contribution in [2.45, 2.75) is 78.3 Å². The Morgan fingerprint density at radius 1 is 0.515 bits per heavy atom. The molecule has 336 valence electrons. The van der Waals surface area contributed by atoms with E-state index in [1.54, 1.807) is 46.3 Å². The molecular weight excluding hydrogens is 859 g/mol. The van der Waals surface area contributed by atoms with Crippen LogP contribution in [0.2, 0.25) is 0 Å². The van der Waals surface area contributed by atoms with Crippen LogP contribution in [0.4, 0.5) is 26.3 Å². The average molecular weight is 901 g/mol. The first-order chi connectivity index (χ1) is 31.8. The van der Waals surface area contributed by atoms with Gasteiger partial charge < -0.3 is 9.13 Å². The molecule has 2 aliphatic heterocycles. The van der Waals surface area contributed by atoms with Gasteiger partial charge in [-0.15, -0.1) is 0 Å². The Hall–Kier alpha value is -7.50. The lowest BCUT2D eigenvalue weighted by Crippen LogP contribution is -2.20. The summed E-state index contributed by atoms with van der Waals surface area (Å²) < 4.78 is 91.5. The molecule has 0 fully saturated rings. The van der Waals surface area contributed by atoms with Gasteiger partial charge in [0.05, 0.1) is 58.2 Å². The molecule has 2 atom stereocenters. The Labute approximate surface area is 375 Å². The highest BCUT2D eigenvalue weighted by Crippen LogP contribution is 2.37. The van der Waals surface area contributed by atoms with E-state index in [4.69, 9.17) is 0 Å². The molecule has 12 nitrogen and oxygen atoms in total. The van der Waals surface area contributed by atoms with E-state index in [1.165, 1.54) is 0 Å². The zero-order valence-electron chi connectivity index (χ0n) is 36.3. The van der Waals surface area contributed by atoms with E-state index in [-0.39, 0.29) is 11.1 Å². The van der Waals surface area contributed by atoms with E-state index in [0.717, 1.165) is 45.5 Å². The molecule has 8 aromatic rings. The van der Waals surface area contributed by atoms with Crippen LogP contribution < -0.4 is 0 Å². The van der Waals surface area contributed by atoms with Crippen molar-refractivity contribution in [3.05, 3.63) is 177 Å². The molecular formula is C48H42F6N12. The lowest BCUT2D eigenvalue weighted by atomic mass is 9.90. The number of aromatic nitrogens is 12. The van der Waals surface area contributed by atoms with Gasteiger partial charge in [0, 0.05) is 72.7 Å². The molecule has 8 heterocycles. The molecule has 0 saturated carbocycles. The minimum atomic E-state index is -0.938. The zero-order valence-corrected chi connectivity index (χ0v) is 36.3. The van der Waals surface area contributed by atoms with E-state index in [9.17, 15) is 26.3 Å². The Morgan fingerprint density at radius 2 is 0.909 bits per heavy atom. The van der Waals surface area contributed by atoms with Crippen LogP contribution in [0.15, 0.2) is 73.6 Å². The number of nitrogens with zero attached hydrogens (tertiary/aromatic N) is 12. The highest BCUT2D eigenvalue weighted by molar-refractivity contribution is 5.66. The van der Waals surface area contributed by atoms with Crippen LogP contribution in [0.25, 0.3) is 35.7 Å². The molecule has 0 radical (unpaired) electrons. The lowest BCUT2D eigenvalue weighted by Gasteiger charge is -2.23. The number of aryl methyl sites for hydroxylation is 6. The van der Waals surface area contributed by atoms with E-state index >= 15 is 0 Å². The number of rotatable bonds is 8. The molecule has 0 bridgehead atoms. The molecule has 2 aliphatic rings. The fraction of sp³-hybridized carbons (Fsp3) is 0.250. The van der Waals surface area contributed by atoms with Crippen LogP contribution >= 0.6 is 0 Å². The molecule has 0 N–H and O–H groups in total. The van der Waals surface area contributed by atoms with Gasteiger partial charge in [-0.1, -0.05) is 0 Å². The van der Waals surface area contributed by atoms with Crippen molar-refractivity contribution in [3.63, 3.8) is 0 Å². The van der Waals surface area contributed by atoms with Crippen molar-refractivity contribution in [2.75, 3.05) is 0 Å². The molecule has 66 heavy (non-hydrogen) atoms. The minimum Gasteiger partial charge on any atom is -0.304 e. The molecule has 18 heteroatoms. The second-order valence-electron chi connectivity index (χ2n) is 16.3. The largest absolute Gasteiger partial charge is 0.304 e. The number of benzene rings is 2. The monoisotopic (exact) mass is 900 g/mol. The zero-order chi connectivity index (χ0) is 46.2. The van der Waals surface area contributed by atoms with Crippen LogP contribution in [0, 0.1) is 62.6 Å².